The zero-order valence-corrected chi connectivity index (χ0v) is 10.5. The quantitative estimate of drug-likeness (QED) is 0.778. The number of carbonyl (C=O) groups is 2. The predicted octanol–water partition coefficient (Wildman–Crippen LogP) is 1.55. The normalized spacial score (nSPS) is 12.9. The third-order valence-electron chi connectivity index (χ3n) is 2.47. The average Bonchev–Trinajstić information content (AvgIpc) is 2.28. The lowest BCUT2D eigenvalue weighted by molar-refractivity contribution is -0.152. The number of rotatable bonds is 5. The van der Waals surface area contributed by atoms with Crippen molar-refractivity contribution < 1.29 is 24.5 Å². The molecule has 0 saturated carbocycles. The van der Waals surface area contributed by atoms with Gasteiger partial charge in [-0.15, -0.1) is 0 Å². The molecule has 1 atom stereocenters. The molecule has 0 amide bonds. The Labute approximate surface area is 105 Å². The van der Waals surface area contributed by atoms with Crippen LogP contribution in [0.5, 0.6) is 5.75 Å². The van der Waals surface area contributed by atoms with Crippen LogP contribution in [-0.4, -0.2) is 27.6 Å². The fourth-order valence-electron chi connectivity index (χ4n) is 1.29. The van der Waals surface area contributed by atoms with E-state index >= 15 is 0 Å². The summed E-state index contributed by atoms with van der Waals surface area (Å²) in [6, 6.07) is 6.09. The lowest BCUT2D eigenvalue weighted by Gasteiger charge is -2.21. The van der Waals surface area contributed by atoms with E-state index in [9.17, 15) is 14.7 Å². The van der Waals surface area contributed by atoms with E-state index in [1.54, 1.807) is 0 Å². The molecule has 0 aliphatic heterocycles. The Hall–Kier alpha value is -1.88. The highest BCUT2D eigenvalue weighted by molar-refractivity contribution is 5.81. The maximum atomic E-state index is 11.0. The topological polar surface area (TPSA) is 83.8 Å². The lowest BCUT2D eigenvalue weighted by atomic mass is 10.1. The molecular weight excluding hydrogens is 237 g/mol. The van der Waals surface area contributed by atoms with Crippen LogP contribution in [0, 0.1) is 0 Å². The first kappa shape index (κ1) is 14.2. The lowest BCUT2D eigenvalue weighted by Crippen LogP contribution is -2.37. The molecular formula is C13H16O5. The second-order valence-corrected chi connectivity index (χ2v) is 4.50. The summed E-state index contributed by atoms with van der Waals surface area (Å²) in [4.78, 5) is 21.9. The van der Waals surface area contributed by atoms with Crippen molar-refractivity contribution in [1.82, 2.24) is 0 Å². The number of carboxylic acid groups (broad SMARTS) is 1. The Morgan fingerprint density at radius 3 is 2.11 bits per heavy atom. The molecule has 1 unspecified atom stereocenters. The van der Waals surface area contributed by atoms with Gasteiger partial charge in [0.05, 0.1) is 0 Å². The van der Waals surface area contributed by atoms with Crippen LogP contribution >= 0.6 is 0 Å². The van der Waals surface area contributed by atoms with Gasteiger partial charge in [-0.1, -0.05) is 12.1 Å². The number of carbonyl (C=O) groups excluding carboxylic acids is 1. The molecule has 0 fully saturated rings. The van der Waals surface area contributed by atoms with Crippen molar-refractivity contribution >= 4 is 11.8 Å². The van der Waals surface area contributed by atoms with E-state index in [2.05, 4.69) is 0 Å². The fourth-order valence-corrected chi connectivity index (χ4v) is 1.29. The monoisotopic (exact) mass is 253 g/mol. The number of aliphatic hydroxyl groups excluding tert-OH is 1. The van der Waals surface area contributed by atoms with E-state index in [1.807, 2.05) is 0 Å². The van der Waals surface area contributed by atoms with Crippen molar-refractivity contribution in [3.05, 3.63) is 29.8 Å². The van der Waals surface area contributed by atoms with Crippen LogP contribution < -0.4 is 4.74 Å². The van der Waals surface area contributed by atoms with Gasteiger partial charge in [0, 0.05) is 0 Å². The first-order valence-corrected chi connectivity index (χ1v) is 5.45. The van der Waals surface area contributed by atoms with Crippen molar-refractivity contribution in [2.24, 2.45) is 0 Å². The molecule has 5 nitrogen and oxygen atoms in total. The molecule has 0 heterocycles. The highest BCUT2D eigenvalue weighted by Gasteiger charge is 2.29. The molecule has 18 heavy (non-hydrogen) atoms. The van der Waals surface area contributed by atoms with Gasteiger partial charge in [0.15, 0.2) is 11.4 Å². The Kier molecular flexibility index (Phi) is 4.08. The average molecular weight is 253 g/mol. The highest BCUT2D eigenvalue weighted by atomic mass is 16.5. The smallest absolute Gasteiger partial charge is 0.347 e. The molecule has 0 aliphatic carbocycles. The Bertz CT molecular complexity index is 447. The zero-order chi connectivity index (χ0) is 13.9. The van der Waals surface area contributed by atoms with Gasteiger partial charge in [0.1, 0.15) is 11.9 Å². The first-order valence-electron chi connectivity index (χ1n) is 5.45. The standard InChI is InChI=1S/C13H16O5/c1-8(14)11(15)9-4-6-10(7-5-9)18-13(2,3)12(16)17/h4-7,11,15H,1-3H3,(H,16,17)/i1+1. The van der Waals surface area contributed by atoms with Crippen LogP contribution in [0.1, 0.15) is 32.4 Å². The summed E-state index contributed by atoms with van der Waals surface area (Å²) in [5, 5.41) is 18.4. The zero-order valence-electron chi connectivity index (χ0n) is 10.5. The number of hydrogen-bond donors (Lipinski definition) is 2. The highest BCUT2D eigenvalue weighted by Crippen LogP contribution is 2.22. The van der Waals surface area contributed by atoms with E-state index in [-0.39, 0.29) is 5.78 Å². The third-order valence-corrected chi connectivity index (χ3v) is 2.47. The van der Waals surface area contributed by atoms with E-state index in [4.69, 9.17) is 9.84 Å². The molecule has 0 aromatic heterocycles. The van der Waals surface area contributed by atoms with Gasteiger partial charge in [0.2, 0.25) is 0 Å². The van der Waals surface area contributed by atoms with E-state index < -0.39 is 17.7 Å². The molecule has 0 bridgehead atoms. The number of benzene rings is 1. The molecule has 0 aliphatic rings. The predicted molar refractivity (Wildman–Crippen MR) is 64.4 cm³/mol. The van der Waals surface area contributed by atoms with Crippen molar-refractivity contribution in [1.29, 1.82) is 0 Å². The first-order chi connectivity index (χ1) is 8.24. The summed E-state index contributed by atoms with van der Waals surface area (Å²) in [6.07, 6.45) is -1.16. The number of aliphatic carboxylic acids is 1. The van der Waals surface area contributed by atoms with Crippen molar-refractivity contribution in [3.63, 3.8) is 0 Å². The van der Waals surface area contributed by atoms with Gasteiger partial charge in [-0.3, -0.25) is 4.79 Å². The molecule has 5 heteroatoms. The number of aliphatic hydroxyl groups is 1. The van der Waals surface area contributed by atoms with Crippen LogP contribution in [-0.2, 0) is 9.59 Å². The van der Waals surface area contributed by atoms with E-state index in [1.165, 1.54) is 45.0 Å². The van der Waals surface area contributed by atoms with Crippen molar-refractivity contribution in [3.8, 4) is 5.75 Å². The molecule has 0 saturated heterocycles. The van der Waals surface area contributed by atoms with Crippen LogP contribution in [0.2, 0.25) is 0 Å². The summed E-state index contributed by atoms with van der Waals surface area (Å²) < 4.78 is 5.29. The maximum Gasteiger partial charge on any atom is 0.347 e. The van der Waals surface area contributed by atoms with Gasteiger partial charge in [-0.2, -0.15) is 0 Å². The summed E-state index contributed by atoms with van der Waals surface area (Å²) in [7, 11) is 0. The Balaban J connectivity index is 2.84. The van der Waals surface area contributed by atoms with Gasteiger partial charge < -0.3 is 14.9 Å². The Morgan fingerprint density at radius 1 is 1.22 bits per heavy atom. The van der Waals surface area contributed by atoms with Gasteiger partial charge in [-0.25, -0.2) is 4.79 Å². The van der Waals surface area contributed by atoms with Crippen LogP contribution in [0.4, 0.5) is 0 Å². The van der Waals surface area contributed by atoms with Crippen LogP contribution in [0.3, 0.4) is 0 Å². The summed E-state index contributed by atoms with van der Waals surface area (Å²) in [6.45, 7) is 4.17. The molecule has 2 N–H and O–H groups in total. The second kappa shape index (κ2) is 5.18. The van der Waals surface area contributed by atoms with Gasteiger partial charge >= 0.3 is 5.97 Å². The number of ether oxygens (including phenoxy) is 1. The summed E-state index contributed by atoms with van der Waals surface area (Å²) in [5.74, 6) is -1.06. The van der Waals surface area contributed by atoms with Gasteiger partial charge in [0.25, 0.3) is 0 Å². The number of carboxylic acids is 1. The van der Waals surface area contributed by atoms with E-state index in [0.29, 0.717) is 11.3 Å². The fraction of sp³-hybridized carbons (Fsp3) is 0.385. The molecule has 98 valence electrons. The number of Topliss-reactive ketones (excluding diaryl/α,β-unsaturated/α-hetero) is 1. The summed E-state index contributed by atoms with van der Waals surface area (Å²) >= 11 is 0. The third kappa shape index (κ3) is 3.30. The van der Waals surface area contributed by atoms with E-state index in [0.717, 1.165) is 0 Å². The maximum absolute atomic E-state index is 11.0. The van der Waals surface area contributed by atoms with Crippen molar-refractivity contribution in [2.75, 3.05) is 0 Å². The molecule has 1 aromatic rings. The number of ketones is 1. The molecule has 1 aromatic carbocycles. The van der Waals surface area contributed by atoms with Gasteiger partial charge in [-0.05, 0) is 38.5 Å². The summed E-state index contributed by atoms with van der Waals surface area (Å²) in [5.41, 5.74) is -0.885. The number of hydrogen-bond acceptors (Lipinski definition) is 4. The molecule has 0 radical (unpaired) electrons. The second-order valence-electron chi connectivity index (χ2n) is 4.50. The van der Waals surface area contributed by atoms with Crippen molar-refractivity contribution in [2.45, 2.75) is 32.5 Å². The van der Waals surface area contributed by atoms with Crippen LogP contribution in [0.25, 0.3) is 0 Å². The molecule has 0 spiro atoms. The molecule has 1 rings (SSSR count). The largest absolute Gasteiger partial charge is 0.478 e. The SMILES string of the molecule is CC(C)(Oc1ccc(C(O)C([13CH3])=O)cc1)C(=O)O. The minimum absolute atomic E-state index is 0.352. The Morgan fingerprint density at radius 2 is 1.72 bits per heavy atom. The minimum Gasteiger partial charge on any atom is -0.478 e. The minimum atomic E-state index is -1.33. The van der Waals surface area contributed by atoms with Crippen LogP contribution in [0.15, 0.2) is 24.3 Å².